The third-order valence-electron chi connectivity index (χ3n) is 4.49. The van der Waals surface area contributed by atoms with Gasteiger partial charge in [-0.1, -0.05) is 60.1 Å². The maximum Gasteiger partial charge on any atom is 0.340 e. The Bertz CT molecular complexity index is 1130. The first-order valence-electron chi connectivity index (χ1n) is 8.08. The molecule has 0 spiro atoms. The van der Waals surface area contributed by atoms with Crippen molar-refractivity contribution >= 4 is 27.6 Å². The van der Waals surface area contributed by atoms with Crippen molar-refractivity contribution in [3.05, 3.63) is 88.4 Å². The average Bonchev–Trinajstić information content (AvgIpc) is 2.95. The number of ether oxygens (including phenoxy) is 1. The Hall–Kier alpha value is -2.67. The molecule has 0 atom stereocenters. The van der Waals surface area contributed by atoms with Gasteiger partial charge in [0.1, 0.15) is 0 Å². The lowest BCUT2D eigenvalue weighted by atomic mass is 10.1. The molecule has 2 N–H and O–H groups in total. The Kier molecular flexibility index (Phi) is 4.26. The molecule has 0 heterocycles. The number of benzene rings is 3. The number of hydrogen-bond donors (Lipinski definition) is 1. The summed E-state index contributed by atoms with van der Waals surface area (Å²) in [5.74, 6) is -0.720. The van der Waals surface area contributed by atoms with E-state index in [1.165, 1.54) is 12.1 Å². The highest BCUT2D eigenvalue weighted by Gasteiger charge is 2.32. The first-order valence-corrected chi connectivity index (χ1v) is 10.0. The van der Waals surface area contributed by atoms with E-state index >= 15 is 0 Å². The standard InChI is InChI=1S/C20H14ClNO4S/c21-18-10-9-12(27(22,24)25)11-17(18)20(23)26-19-15-7-3-1-5-13(15)14-6-2-4-8-16(14)19/h1-11,19H,(H2,22,24,25). The van der Waals surface area contributed by atoms with Gasteiger partial charge in [0.2, 0.25) is 10.0 Å². The molecule has 0 unspecified atom stereocenters. The quantitative estimate of drug-likeness (QED) is 0.676. The van der Waals surface area contributed by atoms with Crippen molar-refractivity contribution in [2.75, 3.05) is 0 Å². The van der Waals surface area contributed by atoms with Crippen molar-refractivity contribution in [3.8, 4) is 11.1 Å². The van der Waals surface area contributed by atoms with Gasteiger partial charge in [0.05, 0.1) is 15.5 Å². The van der Waals surface area contributed by atoms with Gasteiger partial charge in [-0.25, -0.2) is 18.4 Å². The lowest BCUT2D eigenvalue weighted by Gasteiger charge is -2.16. The summed E-state index contributed by atoms with van der Waals surface area (Å²) in [4.78, 5) is 12.6. The molecule has 1 aliphatic carbocycles. The third-order valence-corrected chi connectivity index (χ3v) is 5.73. The van der Waals surface area contributed by atoms with Crippen molar-refractivity contribution in [2.45, 2.75) is 11.0 Å². The van der Waals surface area contributed by atoms with Crippen LogP contribution in [0.5, 0.6) is 0 Å². The van der Waals surface area contributed by atoms with Crippen LogP contribution < -0.4 is 5.14 Å². The highest BCUT2D eigenvalue weighted by atomic mass is 35.5. The normalized spacial score (nSPS) is 13.1. The molecule has 5 nitrogen and oxygen atoms in total. The largest absolute Gasteiger partial charge is 0.449 e. The molecule has 3 aromatic carbocycles. The Labute approximate surface area is 161 Å². The number of nitrogens with two attached hydrogens (primary N) is 1. The Balaban J connectivity index is 1.74. The summed E-state index contributed by atoms with van der Waals surface area (Å²) in [5, 5.41) is 5.23. The Morgan fingerprint density at radius 1 is 0.926 bits per heavy atom. The first-order chi connectivity index (χ1) is 12.9. The second-order valence-electron chi connectivity index (χ2n) is 6.15. The van der Waals surface area contributed by atoms with Gasteiger partial charge < -0.3 is 4.74 Å². The molecule has 7 heteroatoms. The molecule has 27 heavy (non-hydrogen) atoms. The first kappa shape index (κ1) is 17.7. The van der Waals surface area contributed by atoms with Crippen LogP contribution in [0.3, 0.4) is 0 Å². The minimum absolute atomic E-state index is 0.0509. The second-order valence-corrected chi connectivity index (χ2v) is 8.12. The number of carbonyl (C=O) groups is 1. The van der Waals surface area contributed by atoms with Crippen LogP contribution in [0.25, 0.3) is 11.1 Å². The number of primary sulfonamides is 1. The monoisotopic (exact) mass is 399 g/mol. The fourth-order valence-electron chi connectivity index (χ4n) is 3.24. The molecular weight excluding hydrogens is 386 g/mol. The van der Waals surface area contributed by atoms with Crippen LogP contribution in [0, 0.1) is 0 Å². The summed E-state index contributed by atoms with van der Waals surface area (Å²) >= 11 is 6.09. The topological polar surface area (TPSA) is 86.5 Å². The second kappa shape index (κ2) is 6.49. The van der Waals surface area contributed by atoms with Crippen molar-refractivity contribution in [3.63, 3.8) is 0 Å². The van der Waals surface area contributed by atoms with Crippen molar-refractivity contribution in [1.29, 1.82) is 0 Å². The minimum atomic E-state index is -3.97. The van der Waals surface area contributed by atoms with E-state index in [1.807, 2.05) is 48.5 Å². The number of rotatable bonds is 3. The summed E-state index contributed by atoms with van der Waals surface area (Å²) in [6.45, 7) is 0. The van der Waals surface area contributed by atoms with Gasteiger partial charge in [-0.15, -0.1) is 0 Å². The zero-order chi connectivity index (χ0) is 19.2. The van der Waals surface area contributed by atoms with E-state index in [1.54, 1.807) is 0 Å². The molecule has 4 rings (SSSR count). The smallest absolute Gasteiger partial charge is 0.340 e. The van der Waals surface area contributed by atoms with Crippen LogP contribution >= 0.6 is 11.6 Å². The highest BCUT2D eigenvalue weighted by Crippen LogP contribution is 2.45. The molecule has 0 saturated heterocycles. The fourth-order valence-corrected chi connectivity index (χ4v) is 3.98. The molecule has 0 bridgehead atoms. The van der Waals surface area contributed by atoms with Crippen molar-refractivity contribution in [1.82, 2.24) is 0 Å². The maximum atomic E-state index is 12.8. The molecule has 0 amide bonds. The van der Waals surface area contributed by atoms with E-state index in [9.17, 15) is 13.2 Å². The van der Waals surface area contributed by atoms with E-state index in [0.29, 0.717) is 0 Å². The molecule has 3 aromatic rings. The summed E-state index contributed by atoms with van der Waals surface area (Å²) in [6.07, 6.45) is -0.598. The summed E-state index contributed by atoms with van der Waals surface area (Å²) in [5.41, 5.74) is 3.67. The van der Waals surface area contributed by atoms with Gasteiger partial charge in [-0.2, -0.15) is 0 Å². The third kappa shape index (κ3) is 3.12. The molecule has 0 fully saturated rings. The van der Waals surface area contributed by atoms with Crippen molar-refractivity contribution < 1.29 is 17.9 Å². The van der Waals surface area contributed by atoms with Crippen LogP contribution in [-0.2, 0) is 14.8 Å². The molecule has 1 aliphatic rings. The minimum Gasteiger partial charge on any atom is -0.449 e. The van der Waals surface area contributed by atoms with Crippen LogP contribution in [0.15, 0.2) is 71.6 Å². The van der Waals surface area contributed by atoms with Crippen LogP contribution in [0.4, 0.5) is 0 Å². The Morgan fingerprint density at radius 2 is 1.48 bits per heavy atom. The molecule has 0 saturated carbocycles. The number of fused-ring (bicyclic) bond motifs is 3. The predicted octanol–water partition coefficient (Wildman–Crippen LogP) is 3.91. The molecule has 0 radical (unpaired) electrons. The Morgan fingerprint density at radius 3 is 2.04 bits per heavy atom. The van der Waals surface area contributed by atoms with Gasteiger partial charge in [-0.3, -0.25) is 0 Å². The van der Waals surface area contributed by atoms with E-state index in [-0.39, 0.29) is 15.5 Å². The van der Waals surface area contributed by atoms with Gasteiger partial charge >= 0.3 is 5.97 Å². The summed E-state index contributed by atoms with van der Waals surface area (Å²) in [7, 11) is -3.97. The summed E-state index contributed by atoms with van der Waals surface area (Å²) < 4.78 is 28.9. The number of carbonyl (C=O) groups excluding carboxylic acids is 1. The lowest BCUT2D eigenvalue weighted by molar-refractivity contribution is 0.0385. The molecule has 136 valence electrons. The zero-order valence-electron chi connectivity index (χ0n) is 13.9. The van der Waals surface area contributed by atoms with Gasteiger partial charge in [-0.05, 0) is 29.3 Å². The van der Waals surface area contributed by atoms with E-state index in [2.05, 4.69) is 0 Å². The van der Waals surface area contributed by atoms with Crippen LogP contribution in [0.1, 0.15) is 27.6 Å². The molecule has 0 aromatic heterocycles. The molecule has 0 aliphatic heterocycles. The van der Waals surface area contributed by atoms with Gasteiger partial charge in [0.15, 0.2) is 6.10 Å². The van der Waals surface area contributed by atoms with Crippen LogP contribution in [0.2, 0.25) is 5.02 Å². The molecular formula is C20H14ClNO4S. The fraction of sp³-hybridized carbons (Fsp3) is 0.0500. The predicted molar refractivity (Wildman–Crippen MR) is 102 cm³/mol. The van der Waals surface area contributed by atoms with Gasteiger partial charge in [0.25, 0.3) is 0 Å². The number of hydrogen-bond acceptors (Lipinski definition) is 4. The SMILES string of the molecule is NS(=O)(=O)c1ccc(Cl)c(C(=O)OC2c3ccccc3-c3ccccc32)c1. The highest BCUT2D eigenvalue weighted by molar-refractivity contribution is 7.89. The lowest BCUT2D eigenvalue weighted by Crippen LogP contribution is -2.15. The van der Waals surface area contributed by atoms with Crippen LogP contribution in [-0.4, -0.2) is 14.4 Å². The number of halogens is 1. The summed E-state index contributed by atoms with van der Waals surface area (Å²) in [6, 6.07) is 19.0. The van der Waals surface area contributed by atoms with E-state index in [4.69, 9.17) is 21.5 Å². The number of sulfonamides is 1. The van der Waals surface area contributed by atoms with E-state index < -0.39 is 22.1 Å². The van der Waals surface area contributed by atoms with Crippen molar-refractivity contribution in [2.24, 2.45) is 5.14 Å². The number of esters is 1. The average molecular weight is 400 g/mol. The van der Waals surface area contributed by atoms with E-state index in [0.717, 1.165) is 28.3 Å². The zero-order valence-corrected chi connectivity index (χ0v) is 15.5. The maximum absolute atomic E-state index is 12.8. The van der Waals surface area contributed by atoms with Gasteiger partial charge in [0, 0.05) is 11.1 Å².